The summed E-state index contributed by atoms with van der Waals surface area (Å²) < 4.78 is 9.40. The minimum atomic E-state index is -2.02. The third kappa shape index (κ3) is 7.50. The van der Waals surface area contributed by atoms with Crippen molar-refractivity contribution in [2.24, 2.45) is 11.5 Å². The van der Waals surface area contributed by atoms with Gasteiger partial charge in [0.05, 0.1) is 6.61 Å². The highest BCUT2D eigenvalue weighted by atomic mass is 16.7. The summed E-state index contributed by atoms with van der Waals surface area (Å²) in [5.41, 5.74) is 10.9. The van der Waals surface area contributed by atoms with Gasteiger partial charge in [0, 0.05) is 7.11 Å². The zero-order valence-corrected chi connectivity index (χ0v) is 13.1. The highest BCUT2D eigenvalue weighted by Gasteiger charge is 2.37. The third-order valence-electron chi connectivity index (χ3n) is 3.33. The first kappa shape index (κ1) is 22.1. The van der Waals surface area contributed by atoms with Crippen molar-refractivity contribution in [3.8, 4) is 0 Å². The lowest BCUT2D eigenvalue weighted by molar-refractivity contribution is -0.219. The second kappa shape index (κ2) is 11.6. The molecule has 0 bridgehead atoms. The minimum absolute atomic E-state index is 0.304. The number of hydrogen-bond acceptors (Lipinski definition) is 10. The molecule has 0 aromatic heterocycles. The van der Waals surface area contributed by atoms with Gasteiger partial charge in [-0.15, -0.1) is 0 Å². The van der Waals surface area contributed by atoms with Crippen LogP contribution in [0.1, 0.15) is 19.3 Å². The molecule has 0 fully saturated rings. The Morgan fingerprint density at radius 3 is 2.22 bits per heavy atom. The fourth-order valence-corrected chi connectivity index (χ4v) is 1.87. The quantitative estimate of drug-likeness (QED) is 0.106. The second-order valence-corrected chi connectivity index (χ2v) is 5.15. The molecular weight excluding hydrogens is 312 g/mol. The van der Waals surface area contributed by atoms with Gasteiger partial charge < -0.3 is 46.5 Å². The fraction of sp³-hybridized carbons (Fsp3) is 0.923. The van der Waals surface area contributed by atoms with E-state index in [1.165, 1.54) is 0 Å². The summed E-state index contributed by atoms with van der Waals surface area (Å²) in [6.45, 7) is -0.320. The second-order valence-electron chi connectivity index (χ2n) is 5.15. The predicted molar refractivity (Wildman–Crippen MR) is 78.9 cm³/mol. The van der Waals surface area contributed by atoms with Crippen LogP contribution in [0.5, 0.6) is 0 Å². The highest BCUT2D eigenvalue weighted by Crippen LogP contribution is 2.13. The van der Waals surface area contributed by atoms with Gasteiger partial charge in [-0.05, 0) is 19.4 Å². The SMILES string of the molecule is CO[C@@H]([C@H](O)[C@H](O)CO)[C@@H](O)C(O)OC(=O)[C@@H](N)CCCCN. The lowest BCUT2D eigenvalue weighted by Crippen LogP contribution is -2.52. The van der Waals surface area contributed by atoms with Gasteiger partial charge in [0.2, 0.25) is 6.29 Å². The van der Waals surface area contributed by atoms with Crippen LogP contribution in [0.3, 0.4) is 0 Å². The molecule has 0 amide bonds. The van der Waals surface area contributed by atoms with Gasteiger partial charge in [0.15, 0.2) is 0 Å². The van der Waals surface area contributed by atoms with Gasteiger partial charge in [-0.2, -0.15) is 0 Å². The van der Waals surface area contributed by atoms with Crippen LogP contribution in [-0.4, -0.2) is 88.5 Å². The number of carbonyl (C=O) groups excluding carboxylic acids is 1. The van der Waals surface area contributed by atoms with Crippen molar-refractivity contribution in [3.05, 3.63) is 0 Å². The van der Waals surface area contributed by atoms with Crippen LogP contribution in [-0.2, 0) is 14.3 Å². The number of rotatable bonds is 12. The monoisotopic (exact) mass is 340 g/mol. The van der Waals surface area contributed by atoms with E-state index in [9.17, 15) is 25.2 Å². The maximum Gasteiger partial charge on any atom is 0.325 e. The number of methoxy groups -OCH3 is 1. The number of carbonyl (C=O) groups is 1. The smallest absolute Gasteiger partial charge is 0.325 e. The van der Waals surface area contributed by atoms with Crippen molar-refractivity contribution in [2.45, 2.75) is 56.0 Å². The van der Waals surface area contributed by atoms with Crippen molar-refractivity contribution in [1.82, 2.24) is 0 Å². The van der Waals surface area contributed by atoms with Crippen LogP contribution in [0.4, 0.5) is 0 Å². The van der Waals surface area contributed by atoms with Crippen LogP contribution in [0, 0.1) is 0 Å². The van der Waals surface area contributed by atoms with Crippen LogP contribution in [0.15, 0.2) is 0 Å². The standard InChI is InChI=1S/C13H28N2O8/c1-22-11(9(18)8(17)6-16)10(19)13(21)23-12(20)7(15)4-2-3-5-14/h7-11,13,16-19,21H,2-6,14-15H2,1H3/t7-,8+,9+,10+,11-,13?/m0/s1. The molecule has 138 valence electrons. The van der Waals surface area contributed by atoms with Crippen molar-refractivity contribution >= 4 is 5.97 Å². The molecule has 0 aliphatic rings. The Kier molecular flexibility index (Phi) is 11.2. The topological polar surface area (TPSA) is 189 Å². The van der Waals surface area contributed by atoms with E-state index in [2.05, 4.69) is 4.74 Å². The lowest BCUT2D eigenvalue weighted by Gasteiger charge is -2.31. The fourth-order valence-electron chi connectivity index (χ4n) is 1.87. The number of aliphatic hydroxyl groups is 5. The molecule has 0 rings (SSSR count). The Morgan fingerprint density at radius 1 is 1.13 bits per heavy atom. The molecule has 0 aliphatic heterocycles. The summed E-state index contributed by atoms with van der Waals surface area (Å²) in [6, 6.07) is -0.989. The number of ether oxygens (including phenoxy) is 2. The maximum absolute atomic E-state index is 11.7. The number of hydrogen-bond donors (Lipinski definition) is 7. The Hall–Kier alpha value is -0.850. The minimum Gasteiger partial charge on any atom is -0.432 e. The molecule has 0 aromatic carbocycles. The number of aliphatic hydroxyl groups excluding tert-OH is 5. The zero-order valence-electron chi connectivity index (χ0n) is 13.1. The summed E-state index contributed by atoms with van der Waals surface area (Å²) in [5.74, 6) is -0.930. The average molecular weight is 340 g/mol. The van der Waals surface area contributed by atoms with Crippen molar-refractivity contribution in [2.75, 3.05) is 20.3 Å². The molecule has 0 heterocycles. The number of unbranched alkanes of at least 4 members (excludes halogenated alkanes) is 1. The van der Waals surface area contributed by atoms with Gasteiger partial charge in [-0.3, -0.25) is 4.79 Å². The van der Waals surface area contributed by atoms with Gasteiger partial charge in [-0.25, -0.2) is 0 Å². The summed E-state index contributed by atoms with van der Waals surface area (Å²) in [6.07, 6.45) is -7.07. The molecule has 0 aromatic rings. The summed E-state index contributed by atoms with van der Waals surface area (Å²) in [7, 11) is 1.11. The molecule has 0 aliphatic carbocycles. The molecule has 23 heavy (non-hydrogen) atoms. The van der Waals surface area contributed by atoms with Gasteiger partial charge in [-0.1, -0.05) is 6.42 Å². The van der Waals surface area contributed by atoms with Gasteiger partial charge in [0.1, 0.15) is 30.5 Å². The van der Waals surface area contributed by atoms with E-state index in [4.69, 9.17) is 21.3 Å². The molecule has 1 unspecified atom stereocenters. The first-order chi connectivity index (χ1) is 10.8. The molecular formula is C13H28N2O8. The van der Waals surface area contributed by atoms with E-state index in [0.29, 0.717) is 25.8 Å². The normalized spacial score (nSPS) is 19.5. The summed E-state index contributed by atoms with van der Waals surface area (Å²) in [5, 5.41) is 47.4. The van der Waals surface area contributed by atoms with E-state index >= 15 is 0 Å². The highest BCUT2D eigenvalue weighted by molar-refractivity contribution is 5.75. The Labute approximate surface area is 134 Å². The van der Waals surface area contributed by atoms with Crippen LogP contribution >= 0.6 is 0 Å². The first-order valence-corrected chi connectivity index (χ1v) is 7.32. The van der Waals surface area contributed by atoms with Gasteiger partial charge >= 0.3 is 5.97 Å². The van der Waals surface area contributed by atoms with Gasteiger partial charge in [0.25, 0.3) is 0 Å². The third-order valence-corrected chi connectivity index (χ3v) is 3.33. The number of esters is 1. The summed E-state index contributed by atoms with van der Waals surface area (Å²) >= 11 is 0. The molecule has 0 saturated heterocycles. The van der Waals surface area contributed by atoms with Crippen LogP contribution in [0.25, 0.3) is 0 Å². The average Bonchev–Trinajstić information content (AvgIpc) is 2.54. The lowest BCUT2D eigenvalue weighted by atomic mass is 10.0. The Morgan fingerprint density at radius 2 is 1.74 bits per heavy atom. The van der Waals surface area contributed by atoms with E-state index in [1.807, 2.05) is 0 Å². The Bertz CT molecular complexity index is 333. The molecule has 0 spiro atoms. The van der Waals surface area contributed by atoms with Crippen LogP contribution < -0.4 is 11.5 Å². The van der Waals surface area contributed by atoms with Crippen molar-refractivity contribution < 1.29 is 39.8 Å². The van der Waals surface area contributed by atoms with E-state index < -0.39 is 49.3 Å². The zero-order chi connectivity index (χ0) is 18.0. The molecule has 9 N–H and O–H groups in total. The predicted octanol–water partition coefficient (Wildman–Crippen LogP) is -3.61. The van der Waals surface area contributed by atoms with Crippen molar-refractivity contribution in [3.63, 3.8) is 0 Å². The van der Waals surface area contributed by atoms with E-state index in [1.54, 1.807) is 0 Å². The largest absolute Gasteiger partial charge is 0.432 e. The van der Waals surface area contributed by atoms with E-state index in [-0.39, 0.29) is 0 Å². The Balaban J connectivity index is 4.55. The summed E-state index contributed by atoms with van der Waals surface area (Å²) in [4.78, 5) is 11.7. The molecule has 10 heteroatoms. The molecule has 0 saturated carbocycles. The number of nitrogens with two attached hydrogens (primary N) is 2. The molecule has 6 atom stereocenters. The first-order valence-electron chi connectivity index (χ1n) is 7.32. The molecule has 0 radical (unpaired) electrons. The van der Waals surface area contributed by atoms with E-state index in [0.717, 1.165) is 7.11 Å². The van der Waals surface area contributed by atoms with Crippen molar-refractivity contribution in [1.29, 1.82) is 0 Å². The molecule has 10 nitrogen and oxygen atoms in total. The van der Waals surface area contributed by atoms with Crippen LogP contribution in [0.2, 0.25) is 0 Å². The maximum atomic E-state index is 11.7.